The molecular formula is C13H14N2O4S. The van der Waals surface area contributed by atoms with Crippen LogP contribution in [0.25, 0.3) is 0 Å². The number of aromatic nitrogens is 1. The number of anilines is 1. The molecule has 0 bridgehead atoms. The zero-order chi connectivity index (χ0) is 15.1. The first-order valence-electron chi connectivity index (χ1n) is 5.60. The summed E-state index contributed by atoms with van der Waals surface area (Å²) in [5.41, 5.74) is 1.05. The van der Waals surface area contributed by atoms with Crippen LogP contribution >= 0.6 is 11.3 Å². The van der Waals surface area contributed by atoms with Gasteiger partial charge in [-0.15, -0.1) is 11.3 Å². The third-order valence-corrected chi connectivity index (χ3v) is 3.17. The quantitative estimate of drug-likeness (QED) is 0.804. The highest BCUT2D eigenvalue weighted by Gasteiger charge is 2.06. The summed E-state index contributed by atoms with van der Waals surface area (Å²) in [5.74, 6) is -2.25. The largest absolute Gasteiger partial charge is 0.478 e. The third-order valence-electron chi connectivity index (χ3n) is 2.19. The van der Waals surface area contributed by atoms with E-state index in [1.165, 1.54) is 18.2 Å². The Morgan fingerprint density at radius 2 is 1.75 bits per heavy atom. The molecule has 1 heterocycles. The summed E-state index contributed by atoms with van der Waals surface area (Å²) < 4.78 is 0. The molecule has 0 amide bonds. The van der Waals surface area contributed by atoms with Gasteiger partial charge in [0, 0.05) is 12.4 Å². The molecule has 0 fully saturated rings. The molecule has 2 aromatic rings. The number of aromatic carboxylic acids is 2. The topological polar surface area (TPSA) is 99.5 Å². The van der Waals surface area contributed by atoms with Crippen molar-refractivity contribution in [2.45, 2.75) is 6.92 Å². The van der Waals surface area contributed by atoms with Gasteiger partial charge in [0.25, 0.3) is 0 Å². The summed E-state index contributed by atoms with van der Waals surface area (Å²) in [5, 5.41) is 23.0. The second-order valence-electron chi connectivity index (χ2n) is 3.74. The van der Waals surface area contributed by atoms with Crippen LogP contribution in [0.4, 0.5) is 5.13 Å². The molecular weight excluding hydrogens is 280 g/mol. The Morgan fingerprint density at radius 3 is 2.05 bits per heavy atom. The number of benzene rings is 1. The molecule has 0 aliphatic carbocycles. The highest BCUT2D eigenvalue weighted by molar-refractivity contribution is 7.13. The third kappa shape index (κ3) is 4.69. The van der Waals surface area contributed by atoms with E-state index in [9.17, 15) is 9.59 Å². The molecule has 1 aromatic heterocycles. The maximum atomic E-state index is 10.4. The Bertz CT molecular complexity index is 581. The van der Waals surface area contributed by atoms with Gasteiger partial charge in [0.1, 0.15) is 0 Å². The van der Waals surface area contributed by atoms with Gasteiger partial charge in [-0.25, -0.2) is 14.6 Å². The summed E-state index contributed by atoms with van der Waals surface area (Å²) in [6, 6.07) is 5.20. The molecule has 0 saturated carbocycles. The monoisotopic (exact) mass is 294 g/mol. The second kappa shape index (κ2) is 7.25. The van der Waals surface area contributed by atoms with Crippen LogP contribution < -0.4 is 5.32 Å². The van der Waals surface area contributed by atoms with Crippen molar-refractivity contribution in [2.24, 2.45) is 0 Å². The van der Waals surface area contributed by atoms with E-state index < -0.39 is 11.9 Å². The first kappa shape index (κ1) is 15.6. The molecule has 6 nitrogen and oxygen atoms in total. The molecule has 0 radical (unpaired) electrons. The van der Waals surface area contributed by atoms with Crippen LogP contribution in [0.15, 0.2) is 29.6 Å². The SMILES string of the molecule is CNc1nc(C)cs1.O=C(O)c1cccc(C(=O)O)c1. The lowest BCUT2D eigenvalue weighted by Gasteiger charge is -1.95. The summed E-state index contributed by atoms with van der Waals surface area (Å²) >= 11 is 1.63. The van der Waals surface area contributed by atoms with Crippen LogP contribution in [-0.4, -0.2) is 34.2 Å². The van der Waals surface area contributed by atoms with Crippen LogP contribution in [0.5, 0.6) is 0 Å². The number of aryl methyl sites for hydroxylation is 1. The minimum Gasteiger partial charge on any atom is -0.478 e. The lowest BCUT2D eigenvalue weighted by Crippen LogP contribution is -2.01. The maximum absolute atomic E-state index is 10.4. The fraction of sp³-hybridized carbons (Fsp3) is 0.154. The van der Waals surface area contributed by atoms with Gasteiger partial charge in [-0.1, -0.05) is 6.07 Å². The number of nitrogens with one attached hydrogen (secondary N) is 1. The zero-order valence-electron chi connectivity index (χ0n) is 11.0. The number of carboxylic acid groups (broad SMARTS) is 2. The van der Waals surface area contributed by atoms with E-state index in [0.717, 1.165) is 16.9 Å². The molecule has 0 saturated heterocycles. The van der Waals surface area contributed by atoms with Gasteiger partial charge in [-0.3, -0.25) is 0 Å². The molecule has 0 unspecified atom stereocenters. The Balaban J connectivity index is 0.000000217. The average molecular weight is 294 g/mol. The second-order valence-corrected chi connectivity index (χ2v) is 4.59. The van der Waals surface area contributed by atoms with Crippen molar-refractivity contribution in [3.63, 3.8) is 0 Å². The highest BCUT2D eigenvalue weighted by atomic mass is 32.1. The van der Waals surface area contributed by atoms with Gasteiger partial charge >= 0.3 is 11.9 Å². The van der Waals surface area contributed by atoms with Crippen molar-refractivity contribution in [2.75, 3.05) is 12.4 Å². The Kier molecular flexibility index (Phi) is 5.67. The summed E-state index contributed by atoms with van der Waals surface area (Å²) in [4.78, 5) is 24.9. The van der Waals surface area contributed by atoms with Crippen LogP contribution in [0.2, 0.25) is 0 Å². The fourth-order valence-corrected chi connectivity index (χ4v) is 1.90. The van der Waals surface area contributed by atoms with Crippen molar-refractivity contribution < 1.29 is 19.8 Å². The number of hydrogen-bond acceptors (Lipinski definition) is 5. The summed E-state index contributed by atoms with van der Waals surface area (Å²) in [6.07, 6.45) is 0. The van der Waals surface area contributed by atoms with Crippen LogP contribution in [0.1, 0.15) is 26.4 Å². The van der Waals surface area contributed by atoms with E-state index in [-0.39, 0.29) is 11.1 Å². The summed E-state index contributed by atoms with van der Waals surface area (Å²) in [6.45, 7) is 1.98. The zero-order valence-corrected chi connectivity index (χ0v) is 11.8. The number of carboxylic acids is 2. The van der Waals surface area contributed by atoms with Gasteiger partial charge < -0.3 is 15.5 Å². The van der Waals surface area contributed by atoms with Crippen LogP contribution in [0.3, 0.4) is 0 Å². The lowest BCUT2D eigenvalue weighted by atomic mass is 10.1. The first-order chi connectivity index (χ1) is 9.43. The van der Waals surface area contributed by atoms with E-state index in [0.29, 0.717) is 0 Å². The number of hydrogen-bond donors (Lipinski definition) is 3. The normalized spacial score (nSPS) is 9.30. The summed E-state index contributed by atoms with van der Waals surface area (Å²) in [7, 11) is 1.87. The minimum atomic E-state index is -1.13. The maximum Gasteiger partial charge on any atom is 0.335 e. The van der Waals surface area contributed by atoms with Gasteiger partial charge in [-0.2, -0.15) is 0 Å². The Labute approximate surface area is 119 Å². The van der Waals surface area contributed by atoms with Crippen molar-refractivity contribution in [1.82, 2.24) is 4.98 Å². The number of rotatable bonds is 3. The van der Waals surface area contributed by atoms with E-state index in [1.54, 1.807) is 11.3 Å². The molecule has 3 N–H and O–H groups in total. The van der Waals surface area contributed by atoms with Crippen molar-refractivity contribution in [3.05, 3.63) is 46.5 Å². The highest BCUT2D eigenvalue weighted by Crippen LogP contribution is 2.12. The fourth-order valence-electron chi connectivity index (χ4n) is 1.25. The number of thiazole rings is 1. The molecule has 7 heteroatoms. The van der Waals surface area contributed by atoms with E-state index in [4.69, 9.17) is 10.2 Å². The van der Waals surface area contributed by atoms with Crippen LogP contribution in [0, 0.1) is 6.92 Å². The van der Waals surface area contributed by atoms with E-state index in [1.807, 2.05) is 19.4 Å². The molecule has 0 aliphatic heterocycles. The van der Waals surface area contributed by atoms with Crippen molar-refractivity contribution in [3.8, 4) is 0 Å². The molecule has 0 spiro atoms. The minimum absolute atomic E-state index is 0.0186. The van der Waals surface area contributed by atoms with Crippen molar-refractivity contribution >= 4 is 28.4 Å². The first-order valence-corrected chi connectivity index (χ1v) is 6.48. The van der Waals surface area contributed by atoms with E-state index in [2.05, 4.69) is 10.3 Å². The smallest absolute Gasteiger partial charge is 0.335 e. The standard InChI is InChI=1S/C8H6O4.C5H8N2S/c9-7(10)5-2-1-3-6(4-5)8(11)12;1-4-3-8-5(6-2)7-4/h1-4H,(H,9,10)(H,11,12);3H,1-2H3,(H,6,7). The molecule has 0 atom stereocenters. The Morgan fingerprint density at radius 1 is 1.20 bits per heavy atom. The van der Waals surface area contributed by atoms with Gasteiger partial charge in [-0.05, 0) is 25.1 Å². The van der Waals surface area contributed by atoms with Crippen molar-refractivity contribution in [1.29, 1.82) is 0 Å². The van der Waals surface area contributed by atoms with Crippen LogP contribution in [-0.2, 0) is 0 Å². The average Bonchev–Trinajstić information content (AvgIpc) is 2.85. The van der Waals surface area contributed by atoms with Gasteiger partial charge in [0.05, 0.1) is 16.8 Å². The molecule has 2 rings (SSSR count). The molecule has 106 valence electrons. The number of carbonyl (C=O) groups is 2. The molecule has 1 aromatic carbocycles. The predicted molar refractivity (Wildman–Crippen MR) is 76.8 cm³/mol. The predicted octanol–water partition coefficient (Wildman–Crippen LogP) is 2.58. The van der Waals surface area contributed by atoms with Gasteiger partial charge in [0.2, 0.25) is 0 Å². The number of nitrogens with zero attached hydrogens (tertiary/aromatic N) is 1. The van der Waals surface area contributed by atoms with Gasteiger partial charge in [0.15, 0.2) is 5.13 Å². The molecule has 20 heavy (non-hydrogen) atoms. The molecule has 0 aliphatic rings. The lowest BCUT2D eigenvalue weighted by molar-refractivity contribution is 0.0696. The van der Waals surface area contributed by atoms with E-state index >= 15 is 0 Å². The Hall–Kier alpha value is -2.41.